The summed E-state index contributed by atoms with van der Waals surface area (Å²) in [5.41, 5.74) is 5.71. The van der Waals surface area contributed by atoms with Gasteiger partial charge in [-0.3, -0.25) is 14.7 Å². The highest BCUT2D eigenvalue weighted by Crippen LogP contribution is 2.24. The van der Waals surface area contributed by atoms with Crippen molar-refractivity contribution in [3.8, 4) is 11.5 Å². The Bertz CT molecular complexity index is 1350. The lowest BCUT2D eigenvalue weighted by Crippen LogP contribution is -2.34. The summed E-state index contributed by atoms with van der Waals surface area (Å²) in [4.78, 5) is 37.6. The largest absolute Gasteiger partial charge is 0.349 e. The third kappa shape index (κ3) is 3.21. The Morgan fingerprint density at radius 3 is 2.60 bits per heavy atom. The Balaban J connectivity index is 1.57. The zero-order valence-corrected chi connectivity index (χ0v) is 17.1. The molecule has 0 spiro atoms. The number of aromatic nitrogens is 4. The average molecular weight is 401 g/mol. The number of H-pyrrole nitrogens is 1. The van der Waals surface area contributed by atoms with Crippen LogP contribution in [0.15, 0.2) is 46.0 Å². The molecule has 0 bridgehead atoms. The second kappa shape index (κ2) is 7.18. The number of rotatable bonds is 3. The van der Waals surface area contributed by atoms with E-state index < -0.39 is 11.2 Å². The van der Waals surface area contributed by atoms with Crippen molar-refractivity contribution in [1.29, 1.82) is 0 Å². The maximum atomic E-state index is 12.4. The van der Waals surface area contributed by atoms with E-state index in [2.05, 4.69) is 57.1 Å². The molecule has 0 saturated carbocycles. The molecular weight excluding hydrogens is 378 g/mol. The predicted molar refractivity (Wildman–Crippen MR) is 116 cm³/mol. The second-order valence-electron chi connectivity index (χ2n) is 8.03. The summed E-state index contributed by atoms with van der Waals surface area (Å²) in [5, 5.41) is 0. The average Bonchev–Trinajstić information content (AvgIpc) is 2.73. The number of nitrogens with zero attached hydrogens (tertiary/aromatic N) is 4. The number of nitrogens with one attached hydrogen (secondary N) is 1. The van der Waals surface area contributed by atoms with E-state index in [0.717, 1.165) is 48.2 Å². The van der Waals surface area contributed by atoms with Gasteiger partial charge in [-0.25, -0.2) is 9.78 Å². The molecule has 3 heterocycles. The monoisotopic (exact) mass is 401 g/mol. The third-order valence-corrected chi connectivity index (χ3v) is 6.07. The minimum atomic E-state index is -0.641. The summed E-state index contributed by atoms with van der Waals surface area (Å²) in [6.07, 6.45) is 1.03. The molecule has 0 atom stereocenters. The van der Waals surface area contributed by atoms with Gasteiger partial charge in [0, 0.05) is 26.2 Å². The van der Waals surface area contributed by atoms with Gasteiger partial charge in [0.25, 0.3) is 5.56 Å². The van der Waals surface area contributed by atoms with Crippen LogP contribution in [0.4, 0.5) is 0 Å². The second-order valence-corrected chi connectivity index (χ2v) is 8.03. The zero-order chi connectivity index (χ0) is 20.8. The first kappa shape index (κ1) is 18.7. The van der Waals surface area contributed by atoms with Gasteiger partial charge in [-0.2, -0.15) is 4.98 Å². The van der Waals surface area contributed by atoms with Gasteiger partial charge in [-0.05, 0) is 54.7 Å². The van der Waals surface area contributed by atoms with E-state index in [-0.39, 0.29) is 5.69 Å². The predicted octanol–water partition coefficient (Wildman–Crippen LogP) is 2.26. The number of aryl methyl sites for hydroxylation is 2. The number of hydrogen-bond acceptors (Lipinski definition) is 5. The minimum absolute atomic E-state index is 0.203. The molecule has 2 aromatic rings. The van der Waals surface area contributed by atoms with Gasteiger partial charge in [-0.15, -0.1) is 0 Å². The lowest BCUT2D eigenvalue weighted by Gasteiger charge is -2.29. The van der Waals surface area contributed by atoms with E-state index >= 15 is 0 Å². The van der Waals surface area contributed by atoms with E-state index in [4.69, 9.17) is 0 Å². The van der Waals surface area contributed by atoms with Crippen molar-refractivity contribution in [1.82, 2.24) is 24.4 Å². The summed E-state index contributed by atoms with van der Waals surface area (Å²) in [6.45, 7) is 7.38. The Morgan fingerprint density at radius 1 is 1.00 bits per heavy atom. The van der Waals surface area contributed by atoms with Gasteiger partial charge in [0.05, 0.1) is 11.0 Å². The molecule has 1 N–H and O–H groups in total. The third-order valence-electron chi connectivity index (χ3n) is 6.07. The van der Waals surface area contributed by atoms with Crippen molar-refractivity contribution in [3.63, 3.8) is 0 Å². The summed E-state index contributed by atoms with van der Waals surface area (Å²) in [6, 6.07) is 12.6. The number of hydrogen-bond donors (Lipinski definition) is 1. The van der Waals surface area contributed by atoms with Gasteiger partial charge in [0.15, 0.2) is 11.5 Å². The normalized spacial score (nSPS) is 14.3. The summed E-state index contributed by atoms with van der Waals surface area (Å²) >= 11 is 0. The van der Waals surface area contributed by atoms with Crippen molar-refractivity contribution in [2.75, 3.05) is 13.1 Å². The fraction of sp³-hybridized carbons (Fsp3) is 0.304. The van der Waals surface area contributed by atoms with Crippen molar-refractivity contribution >= 4 is 11.0 Å². The Hall–Kier alpha value is -3.32. The van der Waals surface area contributed by atoms with Gasteiger partial charge < -0.3 is 4.57 Å². The molecule has 0 saturated heterocycles. The Morgan fingerprint density at radius 2 is 1.77 bits per heavy atom. The molecule has 0 unspecified atom stereocenters. The van der Waals surface area contributed by atoms with Crippen LogP contribution < -0.4 is 11.2 Å². The van der Waals surface area contributed by atoms with Crippen LogP contribution in [-0.2, 0) is 19.5 Å². The topological polar surface area (TPSA) is 83.9 Å². The van der Waals surface area contributed by atoms with Gasteiger partial charge in [0.1, 0.15) is 0 Å². The van der Waals surface area contributed by atoms with Crippen LogP contribution in [0.2, 0.25) is 0 Å². The molecular formula is C23H23N5O2. The summed E-state index contributed by atoms with van der Waals surface area (Å²) in [7, 11) is 0. The molecule has 3 aliphatic rings. The van der Waals surface area contributed by atoms with Crippen molar-refractivity contribution in [3.05, 3.63) is 79.5 Å². The summed E-state index contributed by atoms with van der Waals surface area (Å²) < 4.78 is 1.97. The van der Waals surface area contributed by atoms with Crippen LogP contribution in [0.3, 0.4) is 0 Å². The standard InChI is InChI=1S/C23H23N5O2/c1-14-11-18-19(12-15(14)2)28(21-20(24-18)22(29)26-23(30)25-21)10-9-27-8-7-16-5-3-4-6-17(16)13-27/h3-6,11-12H,7-10,13H2,1-2H3,(H,26,29,30). The fourth-order valence-corrected chi connectivity index (χ4v) is 4.26. The van der Waals surface area contributed by atoms with Crippen LogP contribution in [0, 0.1) is 13.8 Å². The van der Waals surface area contributed by atoms with Crippen molar-refractivity contribution in [2.45, 2.75) is 33.4 Å². The molecule has 7 heteroatoms. The SMILES string of the molecule is Cc1cc2nc3c(=O)[nH]c(=O)nc-3n(CCN3CCc4ccccc4C3)c2cc1C. The lowest BCUT2D eigenvalue weighted by molar-refractivity contribution is 0.245. The molecule has 2 aromatic carbocycles. The Kier molecular flexibility index (Phi) is 4.47. The van der Waals surface area contributed by atoms with Gasteiger partial charge in [-0.1, -0.05) is 24.3 Å². The smallest absolute Gasteiger partial charge is 0.321 e. The summed E-state index contributed by atoms with van der Waals surface area (Å²) in [5.74, 6) is 0.344. The molecule has 3 aliphatic heterocycles. The molecule has 152 valence electrons. The molecule has 30 heavy (non-hydrogen) atoms. The molecule has 5 rings (SSSR count). The van der Waals surface area contributed by atoms with E-state index in [1.165, 1.54) is 11.1 Å². The minimum Gasteiger partial charge on any atom is -0.321 e. The molecule has 0 radical (unpaired) electrons. The molecule has 0 fully saturated rings. The van der Waals surface area contributed by atoms with Crippen LogP contribution in [0.1, 0.15) is 22.3 Å². The maximum absolute atomic E-state index is 12.4. The highest BCUT2D eigenvalue weighted by atomic mass is 16.2. The first-order valence-corrected chi connectivity index (χ1v) is 10.2. The number of benzene rings is 2. The van der Waals surface area contributed by atoms with Crippen molar-refractivity contribution < 1.29 is 0 Å². The van der Waals surface area contributed by atoms with E-state index in [9.17, 15) is 9.59 Å². The molecule has 7 nitrogen and oxygen atoms in total. The quantitative estimate of drug-likeness (QED) is 0.533. The fourth-order valence-electron chi connectivity index (χ4n) is 4.26. The van der Waals surface area contributed by atoms with Gasteiger partial charge in [0.2, 0.25) is 0 Å². The van der Waals surface area contributed by atoms with Crippen LogP contribution in [0.5, 0.6) is 0 Å². The van der Waals surface area contributed by atoms with E-state index in [1.807, 2.05) is 17.6 Å². The van der Waals surface area contributed by atoms with Crippen LogP contribution in [-0.4, -0.2) is 37.5 Å². The molecule has 0 amide bonds. The van der Waals surface area contributed by atoms with E-state index in [0.29, 0.717) is 12.4 Å². The molecule has 0 aromatic heterocycles. The van der Waals surface area contributed by atoms with Crippen LogP contribution in [0.25, 0.3) is 22.6 Å². The highest BCUT2D eigenvalue weighted by molar-refractivity contribution is 5.81. The lowest BCUT2D eigenvalue weighted by atomic mass is 10.00. The maximum Gasteiger partial charge on any atom is 0.349 e. The first-order valence-electron chi connectivity index (χ1n) is 10.2. The van der Waals surface area contributed by atoms with E-state index in [1.54, 1.807) is 0 Å². The Labute approximate surface area is 173 Å². The van der Waals surface area contributed by atoms with Crippen LogP contribution >= 0.6 is 0 Å². The molecule has 0 aliphatic carbocycles. The zero-order valence-electron chi connectivity index (χ0n) is 17.1. The van der Waals surface area contributed by atoms with Crippen molar-refractivity contribution in [2.24, 2.45) is 0 Å². The number of aromatic amines is 1. The van der Waals surface area contributed by atoms with Gasteiger partial charge >= 0.3 is 5.69 Å². The number of fused-ring (bicyclic) bond motifs is 3. The highest BCUT2D eigenvalue weighted by Gasteiger charge is 2.21. The first-order chi connectivity index (χ1) is 14.5.